The van der Waals surface area contributed by atoms with Crippen molar-refractivity contribution in [3.63, 3.8) is 0 Å². The molecule has 4 heterocycles. The number of carbonyl (C=O) groups excluding carboxylic acids is 2. The van der Waals surface area contributed by atoms with Crippen LogP contribution in [0.5, 0.6) is 5.75 Å². The molecule has 2 aromatic heterocycles. The minimum absolute atomic E-state index is 0.0410. The summed E-state index contributed by atoms with van der Waals surface area (Å²) in [7, 11) is -0.191. The van der Waals surface area contributed by atoms with Crippen LogP contribution < -0.4 is 14.4 Å². The van der Waals surface area contributed by atoms with E-state index < -0.39 is 27.0 Å². The molecule has 50 heavy (non-hydrogen) atoms. The van der Waals surface area contributed by atoms with Gasteiger partial charge < -0.3 is 14.4 Å². The third kappa shape index (κ3) is 6.57. The maximum absolute atomic E-state index is 14.7. The normalized spacial score (nSPS) is 31.7. The molecular formula is C37H45ClN6O5S. The Balaban J connectivity index is 1.33. The van der Waals surface area contributed by atoms with Crippen LogP contribution in [0.3, 0.4) is 0 Å². The highest BCUT2D eigenvalue weighted by atomic mass is 35.5. The van der Waals surface area contributed by atoms with Crippen LogP contribution in [0, 0.1) is 17.8 Å². The number of carbonyl (C=O) groups is 2. The highest BCUT2D eigenvalue weighted by Crippen LogP contribution is 2.46. The second-order valence-corrected chi connectivity index (χ2v) is 17.2. The largest absolute Gasteiger partial charge is 0.489 e. The van der Waals surface area contributed by atoms with Gasteiger partial charge in [-0.25, -0.2) is 9.19 Å². The Hall–Kier alpha value is -3.74. The zero-order chi connectivity index (χ0) is 35.2. The van der Waals surface area contributed by atoms with Crippen LogP contribution >= 0.6 is 11.6 Å². The van der Waals surface area contributed by atoms with E-state index in [2.05, 4.69) is 43.4 Å². The molecule has 0 radical (unpaired) electrons. The molecule has 1 saturated carbocycles. The molecule has 2 bridgehead atoms. The van der Waals surface area contributed by atoms with E-state index in [-0.39, 0.29) is 28.7 Å². The highest BCUT2D eigenvalue weighted by molar-refractivity contribution is 7.93. The van der Waals surface area contributed by atoms with Crippen LogP contribution in [0.15, 0.2) is 59.2 Å². The molecular weight excluding hydrogens is 676 g/mol. The minimum Gasteiger partial charge on any atom is -0.489 e. The zero-order valence-corrected chi connectivity index (χ0v) is 30.6. The van der Waals surface area contributed by atoms with Gasteiger partial charge in [0.05, 0.1) is 29.7 Å². The number of benzene rings is 1. The van der Waals surface area contributed by atoms with E-state index in [0.717, 1.165) is 37.1 Å². The first-order chi connectivity index (χ1) is 24.0. The molecule has 1 unspecified atom stereocenters. The Bertz CT molecular complexity index is 1960. The van der Waals surface area contributed by atoms with Gasteiger partial charge in [0.25, 0.3) is 5.91 Å². The van der Waals surface area contributed by atoms with Gasteiger partial charge in [0.2, 0.25) is 0 Å². The average Bonchev–Trinajstić information content (AvgIpc) is 3.47. The number of hydrogen-bond acceptors (Lipinski definition) is 8. The van der Waals surface area contributed by atoms with Crippen molar-refractivity contribution >= 4 is 39.1 Å². The van der Waals surface area contributed by atoms with Crippen molar-refractivity contribution in [1.82, 2.24) is 19.5 Å². The minimum atomic E-state index is -3.63. The van der Waals surface area contributed by atoms with Crippen molar-refractivity contribution in [1.29, 1.82) is 0 Å². The number of aryl methyl sites for hydroxylation is 2. The molecule has 13 heteroatoms. The molecule has 1 spiro atoms. The zero-order valence-electron chi connectivity index (χ0n) is 29.0. The molecule has 1 aromatic carbocycles. The summed E-state index contributed by atoms with van der Waals surface area (Å²) in [5.74, 6) is 0.237. The number of amides is 2. The molecule has 11 nitrogen and oxygen atoms in total. The summed E-state index contributed by atoms with van der Waals surface area (Å²) in [5, 5.41) is 4.12. The standard InChI is InChI=1S/C37H45ClN6O5S/c1-23-7-5-9-32(48-4)29-12-10-26(29)20-44-21-37(16-6-8-25-17-28(38)11-13-30(25)37)22-49-33-15-14-31(40-34(33)44)36(46)42-50(47,24(23)2)41-35(45)27-18-39-43(3)19-27/h5,9,11,13-15,17-19,23-24,26,29,32H,6-8,10,12,16,20-22H2,1-4H3,(H,41,42,45,46,47)/b9-5+/t23-,24+,26-,29+,32-,37-,50?/m0/s1. The molecule has 1 N–H and O–H groups in total. The van der Waals surface area contributed by atoms with Crippen molar-refractivity contribution in [3.8, 4) is 5.75 Å². The molecule has 1 fully saturated rings. The van der Waals surface area contributed by atoms with Crippen molar-refractivity contribution in [2.24, 2.45) is 29.2 Å². The maximum Gasteiger partial charge on any atom is 0.305 e. The number of nitrogens with zero attached hydrogens (tertiary/aromatic N) is 5. The van der Waals surface area contributed by atoms with Crippen molar-refractivity contribution < 1.29 is 23.3 Å². The van der Waals surface area contributed by atoms with Gasteiger partial charge in [-0.1, -0.05) is 36.7 Å². The van der Waals surface area contributed by atoms with Crippen molar-refractivity contribution in [3.05, 3.63) is 82.3 Å². The summed E-state index contributed by atoms with van der Waals surface area (Å²) in [4.78, 5) is 34.5. The Kier molecular flexibility index (Phi) is 9.55. The summed E-state index contributed by atoms with van der Waals surface area (Å²) in [6.45, 7) is 5.54. The number of allylic oxidation sites excluding steroid dienone is 1. The van der Waals surface area contributed by atoms with Crippen LogP contribution in [-0.2, 0) is 33.5 Å². The Morgan fingerprint density at radius 2 is 2.04 bits per heavy atom. The fourth-order valence-electron chi connectivity index (χ4n) is 8.07. The molecule has 2 aliphatic heterocycles. The van der Waals surface area contributed by atoms with Gasteiger partial charge in [0, 0.05) is 43.9 Å². The first-order valence-corrected chi connectivity index (χ1v) is 19.4. The second-order valence-electron chi connectivity index (χ2n) is 14.5. The number of fused-ring (bicyclic) bond motifs is 4. The van der Waals surface area contributed by atoms with Gasteiger partial charge in [-0.05, 0) is 98.6 Å². The quantitative estimate of drug-likeness (QED) is 0.331. The lowest BCUT2D eigenvalue weighted by atomic mass is 9.68. The molecule has 7 rings (SSSR count). The Labute approximate surface area is 299 Å². The van der Waals surface area contributed by atoms with Crippen LogP contribution in [0.1, 0.15) is 77.9 Å². The summed E-state index contributed by atoms with van der Waals surface area (Å²) in [6, 6.07) is 9.52. The smallest absolute Gasteiger partial charge is 0.305 e. The van der Waals surface area contributed by atoms with E-state index in [0.29, 0.717) is 49.5 Å². The monoisotopic (exact) mass is 720 g/mol. The maximum atomic E-state index is 14.7. The lowest BCUT2D eigenvalue weighted by Crippen LogP contribution is -2.49. The van der Waals surface area contributed by atoms with E-state index in [1.807, 2.05) is 13.0 Å². The number of pyridine rings is 1. The van der Waals surface area contributed by atoms with Crippen LogP contribution in [0.25, 0.3) is 0 Å². The highest BCUT2D eigenvalue weighted by Gasteiger charge is 2.45. The van der Waals surface area contributed by atoms with Gasteiger partial charge in [0.15, 0.2) is 11.6 Å². The van der Waals surface area contributed by atoms with Crippen molar-refractivity contribution in [2.75, 3.05) is 31.7 Å². The molecule has 4 aliphatic rings. The predicted molar refractivity (Wildman–Crippen MR) is 193 cm³/mol. The van der Waals surface area contributed by atoms with E-state index in [1.165, 1.54) is 28.2 Å². The number of aromatic nitrogens is 3. The third-order valence-electron chi connectivity index (χ3n) is 11.3. The third-order valence-corrected chi connectivity index (χ3v) is 13.9. The number of rotatable bonds is 3. The number of halogens is 1. The summed E-state index contributed by atoms with van der Waals surface area (Å²) < 4.78 is 35.7. The first kappa shape index (κ1) is 34.7. The fraction of sp³-hybridized carbons (Fsp3) is 0.514. The fourth-order valence-corrected chi connectivity index (χ4v) is 10.1. The lowest BCUT2D eigenvalue weighted by Gasteiger charge is -2.45. The van der Waals surface area contributed by atoms with Gasteiger partial charge >= 0.3 is 5.91 Å². The molecule has 7 atom stereocenters. The van der Waals surface area contributed by atoms with Crippen LogP contribution in [0.2, 0.25) is 5.02 Å². The first-order valence-electron chi connectivity index (χ1n) is 17.5. The van der Waals surface area contributed by atoms with Gasteiger partial charge in [-0.3, -0.25) is 19.0 Å². The molecule has 0 saturated heterocycles. The Morgan fingerprint density at radius 1 is 1.20 bits per heavy atom. The Morgan fingerprint density at radius 3 is 2.78 bits per heavy atom. The van der Waals surface area contributed by atoms with E-state index >= 15 is 0 Å². The number of hydrogen-bond donors (Lipinski definition) is 1. The number of anilines is 1. The summed E-state index contributed by atoms with van der Waals surface area (Å²) in [5.41, 5.74) is 2.45. The molecule has 2 aliphatic carbocycles. The summed E-state index contributed by atoms with van der Waals surface area (Å²) >= 11 is 6.45. The predicted octanol–water partition coefficient (Wildman–Crippen LogP) is 5.92. The van der Waals surface area contributed by atoms with Crippen LogP contribution in [0.4, 0.5) is 5.82 Å². The number of ether oxygens (including phenoxy) is 2. The lowest BCUT2D eigenvalue weighted by molar-refractivity contribution is 0.0131. The van der Waals surface area contributed by atoms with Gasteiger partial charge in [0.1, 0.15) is 15.6 Å². The topological polar surface area (TPSA) is 128 Å². The van der Waals surface area contributed by atoms with E-state index in [4.69, 9.17) is 26.1 Å². The van der Waals surface area contributed by atoms with Crippen LogP contribution in [-0.4, -0.2) is 68.9 Å². The van der Waals surface area contributed by atoms with Gasteiger partial charge in [-0.2, -0.15) is 5.10 Å². The summed E-state index contributed by atoms with van der Waals surface area (Å²) in [6.07, 6.45) is 12.6. The molecule has 2 amide bonds. The molecule has 3 aromatic rings. The van der Waals surface area contributed by atoms with E-state index in [9.17, 15) is 13.8 Å². The van der Waals surface area contributed by atoms with E-state index in [1.54, 1.807) is 33.2 Å². The SMILES string of the molecule is CO[C@H]1/C=C/C[C@H](C)[C@@H](C)S(=O)(NC(=O)c2cnn(C)c2)=NC(=O)c2ccc3c(n2)N(C[C@@H]2CC[C@H]21)C[C@@]1(CCCc2cc(Cl)ccc21)CO3. The average molecular weight is 721 g/mol. The second kappa shape index (κ2) is 13.8. The molecule has 266 valence electrons. The number of methoxy groups -OCH3 is 1. The number of nitrogens with one attached hydrogen (secondary N) is 1. The van der Waals surface area contributed by atoms with Crippen molar-refractivity contribution in [2.45, 2.75) is 69.1 Å². The van der Waals surface area contributed by atoms with Gasteiger partial charge in [-0.15, -0.1) is 4.36 Å².